The number of alkyl halides is 3. The summed E-state index contributed by atoms with van der Waals surface area (Å²) in [5, 5.41) is 7.75. The van der Waals surface area contributed by atoms with Gasteiger partial charge in [0.15, 0.2) is 11.7 Å². The van der Waals surface area contributed by atoms with Crippen LogP contribution in [0.25, 0.3) is 0 Å². The van der Waals surface area contributed by atoms with Crippen LogP contribution in [0.2, 0.25) is 0 Å². The Labute approximate surface area is 184 Å². The van der Waals surface area contributed by atoms with E-state index in [0.717, 1.165) is 49.2 Å². The van der Waals surface area contributed by atoms with E-state index in [2.05, 4.69) is 20.6 Å². The van der Waals surface area contributed by atoms with E-state index in [4.69, 9.17) is 9.47 Å². The number of aromatic nitrogens is 1. The Hall–Kier alpha value is -0.660. The van der Waals surface area contributed by atoms with Gasteiger partial charge in [-0.25, -0.2) is 4.98 Å². The van der Waals surface area contributed by atoms with Gasteiger partial charge in [-0.2, -0.15) is 13.2 Å². The number of nitrogens with zero attached hydrogens (tertiary/aromatic N) is 2. The summed E-state index contributed by atoms with van der Waals surface area (Å²) in [6.45, 7) is 5.94. The number of halogens is 4. The Kier molecular flexibility index (Phi) is 12.3. The lowest BCUT2D eigenvalue weighted by atomic mass is 10.1. The van der Waals surface area contributed by atoms with Crippen LogP contribution in [0.15, 0.2) is 10.4 Å². The fourth-order valence-electron chi connectivity index (χ4n) is 2.53. The summed E-state index contributed by atoms with van der Waals surface area (Å²) in [5.41, 5.74) is -0.826. The van der Waals surface area contributed by atoms with E-state index in [9.17, 15) is 13.2 Å². The lowest BCUT2D eigenvalue weighted by Gasteiger charge is -2.22. The zero-order valence-electron chi connectivity index (χ0n) is 15.9. The lowest BCUT2D eigenvalue weighted by Crippen LogP contribution is -2.38. The van der Waals surface area contributed by atoms with E-state index >= 15 is 0 Å². The van der Waals surface area contributed by atoms with Gasteiger partial charge in [0.1, 0.15) is 0 Å². The van der Waals surface area contributed by atoms with Gasteiger partial charge >= 0.3 is 6.18 Å². The van der Waals surface area contributed by atoms with Gasteiger partial charge in [-0.15, -0.1) is 35.3 Å². The zero-order valence-corrected chi connectivity index (χ0v) is 19.0. The van der Waals surface area contributed by atoms with E-state index in [1.165, 1.54) is 0 Å². The molecule has 0 bridgehead atoms. The minimum atomic E-state index is -4.38. The van der Waals surface area contributed by atoms with Crippen molar-refractivity contribution in [3.8, 4) is 0 Å². The third-order valence-corrected chi connectivity index (χ3v) is 4.82. The number of ether oxygens (including phenoxy) is 2. The van der Waals surface area contributed by atoms with Crippen molar-refractivity contribution in [3.05, 3.63) is 16.1 Å². The molecule has 0 unspecified atom stereocenters. The molecule has 0 atom stereocenters. The van der Waals surface area contributed by atoms with E-state index in [1.54, 1.807) is 0 Å². The van der Waals surface area contributed by atoms with Gasteiger partial charge in [0, 0.05) is 51.3 Å². The van der Waals surface area contributed by atoms with E-state index in [0.29, 0.717) is 43.6 Å². The van der Waals surface area contributed by atoms with Gasteiger partial charge in [-0.05, 0) is 26.2 Å². The second-order valence-corrected chi connectivity index (χ2v) is 7.04. The summed E-state index contributed by atoms with van der Waals surface area (Å²) >= 11 is 1.02. The summed E-state index contributed by atoms with van der Waals surface area (Å²) in [5.74, 6) is 0.649. The third kappa shape index (κ3) is 9.70. The zero-order chi connectivity index (χ0) is 19.5. The summed E-state index contributed by atoms with van der Waals surface area (Å²) in [6, 6.07) is 0. The van der Waals surface area contributed by atoms with Gasteiger partial charge in [0.05, 0.1) is 11.1 Å². The van der Waals surface area contributed by atoms with Gasteiger partial charge < -0.3 is 20.1 Å². The normalized spacial score (nSPS) is 15.9. The van der Waals surface area contributed by atoms with Crippen molar-refractivity contribution in [2.24, 2.45) is 4.99 Å². The number of rotatable bonds is 9. The monoisotopic (exact) mass is 536 g/mol. The Morgan fingerprint density at radius 3 is 2.75 bits per heavy atom. The largest absolute Gasteiger partial charge is 0.434 e. The molecule has 28 heavy (non-hydrogen) atoms. The number of hydrogen-bond acceptors (Lipinski definition) is 5. The molecule has 2 rings (SSSR count). The second kappa shape index (κ2) is 13.5. The fourth-order valence-corrected chi connectivity index (χ4v) is 3.34. The molecule has 6 nitrogen and oxygen atoms in total. The van der Waals surface area contributed by atoms with E-state index < -0.39 is 11.9 Å². The van der Waals surface area contributed by atoms with Crippen LogP contribution in [0.1, 0.15) is 36.9 Å². The molecule has 2 heterocycles. The molecule has 0 spiro atoms. The number of hydrogen-bond donors (Lipinski definition) is 2. The molecule has 0 aliphatic carbocycles. The third-order valence-electron chi connectivity index (χ3n) is 3.91. The highest BCUT2D eigenvalue weighted by Gasteiger charge is 2.33. The molecule has 11 heteroatoms. The molecule has 1 fully saturated rings. The minimum Gasteiger partial charge on any atom is -0.381 e. The predicted octanol–water partition coefficient (Wildman–Crippen LogP) is 3.46. The SMILES string of the molecule is CCNC(=NCCCOC1CCOCC1)NCCc1nc(C(F)(F)F)cs1.I. The van der Waals surface area contributed by atoms with Gasteiger partial charge in [-0.1, -0.05) is 0 Å². The van der Waals surface area contributed by atoms with Crippen molar-refractivity contribution in [1.29, 1.82) is 0 Å². The topological polar surface area (TPSA) is 67.8 Å². The molecule has 2 N–H and O–H groups in total. The van der Waals surface area contributed by atoms with Crippen LogP contribution < -0.4 is 10.6 Å². The molecular weight excluding hydrogens is 508 g/mol. The molecule has 0 aromatic carbocycles. The summed E-state index contributed by atoms with van der Waals surface area (Å²) in [7, 11) is 0. The molecule has 1 aliphatic heterocycles. The summed E-state index contributed by atoms with van der Waals surface area (Å²) < 4.78 is 48.8. The Bertz CT molecular complexity index is 581. The standard InChI is InChI=1S/C17H27F3N4O2S.HI/c1-2-21-16(22-7-3-9-26-13-5-10-25-11-6-13)23-8-4-15-24-14(12-27-15)17(18,19)20;/h12-13H,2-11H2,1H3,(H2,21,22,23);1H. The van der Waals surface area contributed by atoms with Crippen LogP contribution in [-0.4, -0.2) is 56.5 Å². The smallest absolute Gasteiger partial charge is 0.381 e. The van der Waals surface area contributed by atoms with Crippen LogP contribution in [0.3, 0.4) is 0 Å². The number of aliphatic imine (C=N–C) groups is 1. The predicted molar refractivity (Wildman–Crippen MR) is 115 cm³/mol. The van der Waals surface area contributed by atoms with E-state index in [1.807, 2.05) is 6.92 Å². The van der Waals surface area contributed by atoms with Crippen molar-refractivity contribution in [2.45, 2.75) is 44.9 Å². The summed E-state index contributed by atoms with van der Waals surface area (Å²) in [4.78, 5) is 8.09. The van der Waals surface area contributed by atoms with Crippen LogP contribution >= 0.6 is 35.3 Å². The first-order valence-corrected chi connectivity index (χ1v) is 10.1. The molecule has 0 amide bonds. The number of guanidine groups is 1. The van der Waals surface area contributed by atoms with Crippen molar-refractivity contribution in [3.63, 3.8) is 0 Å². The lowest BCUT2D eigenvalue weighted by molar-refractivity contribution is -0.140. The molecule has 0 saturated carbocycles. The molecule has 1 aromatic rings. The highest BCUT2D eigenvalue weighted by molar-refractivity contribution is 14.0. The van der Waals surface area contributed by atoms with Crippen LogP contribution in [0, 0.1) is 0 Å². The first-order chi connectivity index (χ1) is 13.0. The molecule has 0 radical (unpaired) electrons. The van der Waals surface area contributed by atoms with Crippen molar-refractivity contribution in [1.82, 2.24) is 15.6 Å². The molecule has 162 valence electrons. The van der Waals surface area contributed by atoms with Crippen molar-refractivity contribution >= 4 is 41.3 Å². The quantitative estimate of drug-likeness (QED) is 0.219. The maximum absolute atomic E-state index is 12.6. The second-order valence-electron chi connectivity index (χ2n) is 6.10. The molecule has 1 aromatic heterocycles. The Balaban J connectivity index is 0.00000392. The summed E-state index contributed by atoms with van der Waals surface area (Å²) in [6.07, 6.45) is -0.979. The molecule has 1 saturated heterocycles. The van der Waals surface area contributed by atoms with Gasteiger partial charge in [-0.3, -0.25) is 4.99 Å². The molecule has 1 aliphatic rings. The average molecular weight is 536 g/mol. The maximum Gasteiger partial charge on any atom is 0.434 e. The highest BCUT2D eigenvalue weighted by Crippen LogP contribution is 2.29. The maximum atomic E-state index is 12.6. The Morgan fingerprint density at radius 2 is 2.11 bits per heavy atom. The van der Waals surface area contributed by atoms with Crippen molar-refractivity contribution in [2.75, 3.05) is 39.5 Å². The highest BCUT2D eigenvalue weighted by atomic mass is 127. The van der Waals surface area contributed by atoms with E-state index in [-0.39, 0.29) is 30.1 Å². The fraction of sp³-hybridized carbons (Fsp3) is 0.765. The first-order valence-electron chi connectivity index (χ1n) is 9.22. The average Bonchev–Trinajstić information content (AvgIpc) is 3.11. The minimum absolute atomic E-state index is 0. The van der Waals surface area contributed by atoms with Gasteiger partial charge in [0.25, 0.3) is 0 Å². The Morgan fingerprint density at radius 1 is 1.36 bits per heavy atom. The number of nitrogens with one attached hydrogen (secondary N) is 2. The first kappa shape index (κ1) is 25.4. The molecular formula is C17H28F3IN4O2S. The van der Waals surface area contributed by atoms with Gasteiger partial charge in [0.2, 0.25) is 0 Å². The van der Waals surface area contributed by atoms with Crippen LogP contribution in [0.4, 0.5) is 13.2 Å². The van der Waals surface area contributed by atoms with Crippen molar-refractivity contribution < 1.29 is 22.6 Å². The number of thiazole rings is 1. The van der Waals surface area contributed by atoms with Crippen LogP contribution in [0.5, 0.6) is 0 Å². The van der Waals surface area contributed by atoms with Crippen LogP contribution in [-0.2, 0) is 22.1 Å².